The molecule has 14 heavy (non-hydrogen) atoms. The van der Waals surface area contributed by atoms with Gasteiger partial charge in [-0.3, -0.25) is 9.59 Å². The minimum Gasteiger partial charge on any atom is -0.481 e. The Morgan fingerprint density at radius 3 is 2.71 bits per heavy atom. The number of nitrogens with zero attached hydrogens (tertiary/aromatic N) is 1. The molecule has 0 spiro atoms. The summed E-state index contributed by atoms with van der Waals surface area (Å²) in [6, 6.07) is 0. The fourth-order valence-electron chi connectivity index (χ4n) is 0.535. The first-order valence-electron chi connectivity index (χ1n) is 10.6. The number of quaternary nitrogens is 1. The lowest BCUT2D eigenvalue weighted by Gasteiger charge is -2.28. The summed E-state index contributed by atoms with van der Waals surface area (Å²) in [5.41, 5.74) is 0. The number of likely N-dealkylation sites (N-methyl/N-ethyl adjacent to an activating group) is 1. The molecule has 0 unspecified atom stereocenters. The second-order valence-corrected chi connectivity index (χ2v) is 2.17. The Balaban J connectivity index is 7.27. The first-order valence-corrected chi connectivity index (χ1v) is 3.14. The molecule has 1 atom stereocenters. The SMILES string of the molecule is [2H]C([2H])([2H])C(=O)O[C@@]([2H])(CC(=O)O)C([2H])([2H])[N+](C([2H])([2H])[2H])(C([2H])([2H])[2H])C([2H])([2H])[2H]. The van der Waals surface area contributed by atoms with Gasteiger partial charge in [-0.1, -0.05) is 0 Å². The number of rotatable bonds is 5. The number of hydrogen-bond acceptors (Lipinski definition) is 3. The predicted molar refractivity (Wildman–Crippen MR) is 50.7 cm³/mol. The van der Waals surface area contributed by atoms with Gasteiger partial charge in [0.05, 0.1) is 43.8 Å². The van der Waals surface area contributed by atoms with E-state index in [2.05, 4.69) is 4.74 Å². The van der Waals surface area contributed by atoms with E-state index in [4.69, 9.17) is 25.7 Å². The van der Waals surface area contributed by atoms with Gasteiger partial charge in [-0.25, -0.2) is 0 Å². The zero-order valence-corrected chi connectivity index (χ0v) is 6.83. The second kappa shape index (κ2) is 4.95. The molecule has 0 bridgehead atoms. The molecule has 0 saturated heterocycles. The summed E-state index contributed by atoms with van der Waals surface area (Å²) in [6.45, 7) is -21.0. The van der Waals surface area contributed by atoms with Crippen LogP contribution in [0.4, 0.5) is 0 Å². The van der Waals surface area contributed by atoms with Crippen molar-refractivity contribution in [2.45, 2.75) is 19.4 Å². The van der Waals surface area contributed by atoms with Crippen LogP contribution in [0.2, 0.25) is 0 Å². The molecule has 1 N–H and O–H groups in total. The van der Waals surface area contributed by atoms with Crippen LogP contribution < -0.4 is 0 Å². The summed E-state index contributed by atoms with van der Waals surface area (Å²) in [4.78, 5) is 22.8. The summed E-state index contributed by atoms with van der Waals surface area (Å²) < 4.78 is 112. The van der Waals surface area contributed by atoms with Crippen molar-refractivity contribution in [1.29, 1.82) is 0 Å². The molecule has 5 nitrogen and oxygen atoms in total. The maximum Gasteiger partial charge on any atom is 0.307 e. The summed E-state index contributed by atoms with van der Waals surface area (Å²) >= 11 is 0. The van der Waals surface area contributed by atoms with E-state index in [1.165, 1.54) is 0 Å². The second-order valence-electron chi connectivity index (χ2n) is 2.17. The van der Waals surface area contributed by atoms with Gasteiger partial charge in [-0.05, 0) is 0 Å². The molecule has 0 fully saturated rings. The summed E-state index contributed by atoms with van der Waals surface area (Å²) in [6.07, 6.45) is -6.05. The summed E-state index contributed by atoms with van der Waals surface area (Å²) in [5, 5.41) is 8.95. The van der Waals surface area contributed by atoms with Gasteiger partial charge in [0, 0.05) is 11.0 Å². The molecule has 0 aromatic carbocycles. The molecule has 0 saturated carbocycles. The molecule has 0 radical (unpaired) electrons. The van der Waals surface area contributed by atoms with Crippen LogP contribution in [-0.2, 0) is 14.3 Å². The van der Waals surface area contributed by atoms with Crippen LogP contribution in [-0.4, -0.2) is 55.0 Å². The Morgan fingerprint density at radius 2 is 2.29 bits per heavy atom. The smallest absolute Gasteiger partial charge is 0.307 e. The molecule has 0 heterocycles. The highest BCUT2D eigenvalue weighted by atomic mass is 16.5. The third-order valence-corrected chi connectivity index (χ3v) is 0.820. The zero-order valence-electron chi connectivity index (χ0n) is 21.8. The van der Waals surface area contributed by atoms with Crippen LogP contribution in [0.3, 0.4) is 0 Å². The Labute approximate surface area is 105 Å². The van der Waals surface area contributed by atoms with Crippen molar-refractivity contribution in [1.82, 2.24) is 0 Å². The van der Waals surface area contributed by atoms with Crippen molar-refractivity contribution in [3.63, 3.8) is 0 Å². The largest absolute Gasteiger partial charge is 0.481 e. The molecule has 0 aliphatic heterocycles. The van der Waals surface area contributed by atoms with Gasteiger partial charge in [-0.15, -0.1) is 0 Å². The summed E-state index contributed by atoms with van der Waals surface area (Å²) in [5.74, 6) is -4.50. The van der Waals surface area contributed by atoms with Crippen molar-refractivity contribution in [2.75, 3.05) is 27.4 Å². The number of aliphatic carboxylic acids is 1. The van der Waals surface area contributed by atoms with Gasteiger partial charge in [0.2, 0.25) is 0 Å². The maximum atomic E-state index is 11.7. The number of carbonyl (C=O) groups excluding carboxylic acids is 1. The van der Waals surface area contributed by atoms with E-state index in [1.807, 2.05) is 0 Å². The molecule has 0 aliphatic rings. The number of ether oxygens (including phenoxy) is 1. The lowest BCUT2D eigenvalue weighted by molar-refractivity contribution is -0.873. The molecule has 0 amide bonds. The van der Waals surface area contributed by atoms with Gasteiger partial charge in [0.1, 0.15) is 6.50 Å². The minimum atomic E-state index is -4.51. The zero-order chi connectivity index (χ0) is 24.1. The standard InChI is InChI=1S/C9H17NO4/c1-7(11)14-8(5-9(12)13)6-10(2,3)4/h8H,5-6H2,1-4H3/p+1/t8-/m0/s1/i1D3,2D3,3D3,4D3,6D2,8D. The minimum absolute atomic E-state index is 1.97. The van der Waals surface area contributed by atoms with E-state index in [0.29, 0.717) is 0 Å². The van der Waals surface area contributed by atoms with Crippen LogP contribution in [0.5, 0.6) is 0 Å². The average molecular weight is 219 g/mol. The molecule has 0 aromatic rings. The van der Waals surface area contributed by atoms with Gasteiger partial charge in [0.25, 0.3) is 0 Å². The van der Waals surface area contributed by atoms with Crippen LogP contribution in [0.25, 0.3) is 0 Å². The number of esters is 1. The monoisotopic (exact) mass is 219 g/mol. The van der Waals surface area contributed by atoms with Gasteiger partial charge in [-0.2, -0.15) is 0 Å². The number of carboxylic acid groups (broad SMARTS) is 1. The highest BCUT2D eigenvalue weighted by Gasteiger charge is 2.23. The fourth-order valence-corrected chi connectivity index (χ4v) is 0.535. The molecular formula is C9H18NO4+. The van der Waals surface area contributed by atoms with E-state index in [9.17, 15) is 9.59 Å². The van der Waals surface area contributed by atoms with Crippen molar-refractivity contribution in [3.05, 3.63) is 0 Å². The molecule has 82 valence electrons. The average Bonchev–Trinajstić information content (AvgIpc) is 2.29. The first-order chi connectivity index (χ1) is 12.3. The van der Waals surface area contributed by atoms with Crippen LogP contribution >= 0.6 is 0 Å². The first kappa shape index (κ1) is 2.52. The fraction of sp³-hybridized carbons (Fsp3) is 0.778. The van der Waals surface area contributed by atoms with E-state index in [-0.39, 0.29) is 0 Å². The van der Waals surface area contributed by atoms with Crippen LogP contribution in [0.1, 0.15) is 33.8 Å². The maximum absolute atomic E-state index is 11.7. The van der Waals surface area contributed by atoms with Crippen molar-refractivity contribution < 1.29 is 44.5 Å². The normalized spacial score (nSPS) is 36.1. The van der Waals surface area contributed by atoms with Crippen LogP contribution in [0.15, 0.2) is 0 Å². The Bertz CT molecular complexity index is 608. The quantitative estimate of drug-likeness (QED) is 0.526. The lowest BCUT2D eigenvalue weighted by atomic mass is 10.2. The Hall–Kier alpha value is -1.10. The number of hydrogen-bond donors (Lipinski definition) is 1. The molecule has 5 heteroatoms. The Kier molecular flexibility index (Phi) is 0.893. The highest BCUT2D eigenvalue weighted by Crippen LogP contribution is 2.04. The topological polar surface area (TPSA) is 63.6 Å². The van der Waals surface area contributed by atoms with Crippen LogP contribution in [0, 0.1) is 0 Å². The molecule has 0 rings (SSSR count). The van der Waals surface area contributed by atoms with E-state index in [0.717, 1.165) is 0 Å². The molecular weight excluding hydrogens is 186 g/mol. The van der Waals surface area contributed by atoms with Crippen molar-refractivity contribution in [3.8, 4) is 0 Å². The lowest BCUT2D eigenvalue weighted by Crippen LogP contribution is -2.43. The predicted octanol–water partition coefficient (Wildman–Crippen LogP) is 0.0990. The molecule has 0 aliphatic carbocycles. The number of carboxylic acids is 1. The van der Waals surface area contributed by atoms with Gasteiger partial charge >= 0.3 is 11.9 Å². The third-order valence-electron chi connectivity index (χ3n) is 0.820. The van der Waals surface area contributed by atoms with Gasteiger partial charge in [0.15, 0.2) is 6.08 Å². The highest BCUT2D eigenvalue weighted by molar-refractivity contribution is 5.69. The van der Waals surface area contributed by atoms with E-state index >= 15 is 0 Å². The van der Waals surface area contributed by atoms with Gasteiger partial charge < -0.3 is 14.3 Å². The number of carbonyl (C=O) groups is 2. The van der Waals surface area contributed by atoms with E-state index in [1.54, 1.807) is 0 Å². The Morgan fingerprint density at radius 1 is 1.64 bits per heavy atom. The van der Waals surface area contributed by atoms with E-state index < -0.39 is 63.2 Å². The molecule has 0 aromatic heterocycles. The van der Waals surface area contributed by atoms with Crippen molar-refractivity contribution >= 4 is 11.9 Å². The van der Waals surface area contributed by atoms with Crippen molar-refractivity contribution in [2.24, 2.45) is 0 Å². The third kappa shape index (κ3) is 7.54. The summed E-state index contributed by atoms with van der Waals surface area (Å²) in [7, 11) is 0.